The number of methoxy groups -OCH3 is 2. The van der Waals surface area contributed by atoms with Crippen molar-refractivity contribution in [3.05, 3.63) is 23.8 Å². The molecule has 1 aliphatic rings. The molecule has 0 heterocycles. The number of rotatable bonds is 10. The molecule has 0 aliphatic heterocycles. The summed E-state index contributed by atoms with van der Waals surface area (Å²) in [6, 6.07) is 5.72. The van der Waals surface area contributed by atoms with Crippen LogP contribution in [-0.2, 0) is 11.3 Å². The van der Waals surface area contributed by atoms with E-state index in [1.54, 1.807) is 14.2 Å². The zero-order chi connectivity index (χ0) is 16.5. The molecule has 0 aromatic heterocycles. The number of hydrogen-bond donors (Lipinski definition) is 2. The molecule has 0 amide bonds. The van der Waals surface area contributed by atoms with Gasteiger partial charge in [0.1, 0.15) is 0 Å². The van der Waals surface area contributed by atoms with E-state index >= 15 is 0 Å². The van der Waals surface area contributed by atoms with Gasteiger partial charge in [-0.15, -0.1) is 24.0 Å². The molecule has 2 rings (SSSR count). The second-order valence-corrected chi connectivity index (χ2v) is 5.69. The van der Waals surface area contributed by atoms with E-state index in [1.165, 1.54) is 12.8 Å². The van der Waals surface area contributed by atoms with Crippen LogP contribution in [0.5, 0.6) is 11.5 Å². The summed E-state index contributed by atoms with van der Waals surface area (Å²) in [6.45, 7) is 2.94. The van der Waals surface area contributed by atoms with Gasteiger partial charge in [0.25, 0.3) is 0 Å². The fourth-order valence-electron chi connectivity index (χ4n) is 2.14. The Morgan fingerprint density at radius 3 is 2.67 bits per heavy atom. The van der Waals surface area contributed by atoms with Crippen molar-refractivity contribution in [1.29, 1.82) is 0 Å². The Bertz CT molecular complexity index is 522. The highest BCUT2D eigenvalue weighted by Crippen LogP contribution is 2.29. The summed E-state index contributed by atoms with van der Waals surface area (Å²) in [5.41, 5.74) is 6.88. The van der Waals surface area contributed by atoms with Crippen molar-refractivity contribution in [3.8, 4) is 11.5 Å². The van der Waals surface area contributed by atoms with Crippen molar-refractivity contribution < 1.29 is 14.2 Å². The second-order valence-electron chi connectivity index (χ2n) is 5.69. The van der Waals surface area contributed by atoms with E-state index in [2.05, 4.69) is 10.3 Å². The molecular weight excluding hydrogens is 421 g/mol. The largest absolute Gasteiger partial charge is 0.493 e. The lowest BCUT2D eigenvalue weighted by molar-refractivity contribution is 0.123. The maximum Gasteiger partial charge on any atom is 0.188 e. The van der Waals surface area contributed by atoms with Crippen LogP contribution >= 0.6 is 24.0 Å². The molecular formula is C17H28IN3O3. The molecule has 0 atom stereocenters. The molecule has 3 N–H and O–H groups in total. The van der Waals surface area contributed by atoms with Crippen LogP contribution in [0.25, 0.3) is 0 Å². The summed E-state index contributed by atoms with van der Waals surface area (Å²) in [5, 5.41) is 3.10. The van der Waals surface area contributed by atoms with Gasteiger partial charge in [0.2, 0.25) is 0 Å². The minimum atomic E-state index is 0. The van der Waals surface area contributed by atoms with Gasteiger partial charge in [-0.2, -0.15) is 0 Å². The van der Waals surface area contributed by atoms with Crippen molar-refractivity contribution in [1.82, 2.24) is 5.32 Å². The first-order chi connectivity index (χ1) is 11.2. The van der Waals surface area contributed by atoms with Crippen LogP contribution in [0.3, 0.4) is 0 Å². The van der Waals surface area contributed by atoms with Crippen LogP contribution in [0.15, 0.2) is 23.2 Å². The number of ether oxygens (including phenoxy) is 3. The Labute approximate surface area is 161 Å². The van der Waals surface area contributed by atoms with Crippen molar-refractivity contribution in [2.45, 2.75) is 25.8 Å². The quantitative estimate of drug-likeness (QED) is 0.249. The lowest BCUT2D eigenvalue weighted by atomic mass is 10.2. The van der Waals surface area contributed by atoms with Crippen LogP contribution in [0.2, 0.25) is 0 Å². The monoisotopic (exact) mass is 449 g/mol. The maximum absolute atomic E-state index is 5.86. The first kappa shape index (κ1) is 20.8. The van der Waals surface area contributed by atoms with Crippen molar-refractivity contribution in [2.75, 3.05) is 34.0 Å². The fraction of sp³-hybridized carbons (Fsp3) is 0.588. The van der Waals surface area contributed by atoms with Crippen molar-refractivity contribution in [2.24, 2.45) is 16.6 Å². The van der Waals surface area contributed by atoms with E-state index in [-0.39, 0.29) is 24.0 Å². The Balaban J connectivity index is 0.00000288. The number of nitrogens with one attached hydrogen (secondary N) is 1. The first-order valence-corrected chi connectivity index (χ1v) is 8.05. The average Bonchev–Trinajstić information content (AvgIpc) is 3.40. The van der Waals surface area contributed by atoms with Gasteiger partial charge in [0.05, 0.1) is 20.8 Å². The van der Waals surface area contributed by atoms with Gasteiger partial charge >= 0.3 is 0 Å². The lowest BCUT2D eigenvalue weighted by Crippen LogP contribution is -2.32. The average molecular weight is 449 g/mol. The summed E-state index contributed by atoms with van der Waals surface area (Å²) >= 11 is 0. The molecule has 24 heavy (non-hydrogen) atoms. The van der Waals surface area contributed by atoms with Crippen LogP contribution in [0.4, 0.5) is 0 Å². The van der Waals surface area contributed by atoms with E-state index in [1.807, 2.05) is 18.2 Å². The van der Waals surface area contributed by atoms with Gasteiger partial charge in [0.15, 0.2) is 17.5 Å². The molecule has 7 heteroatoms. The van der Waals surface area contributed by atoms with E-state index < -0.39 is 0 Å². The molecule has 1 aliphatic carbocycles. The summed E-state index contributed by atoms with van der Waals surface area (Å²) in [4.78, 5) is 4.33. The molecule has 1 saturated carbocycles. The predicted molar refractivity (Wildman–Crippen MR) is 106 cm³/mol. The summed E-state index contributed by atoms with van der Waals surface area (Å²) in [7, 11) is 3.23. The molecule has 1 fully saturated rings. The Kier molecular flexibility index (Phi) is 9.85. The van der Waals surface area contributed by atoms with Crippen LogP contribution in [-0.4, -0.2) is 39.9 Å². The van der Waals surface area contributed by atoms with Gasteiger partial charge in [-0.3, -0.25) is 0 Å². The standard InChI is InChI=1S/C17H27N3O3.HI/c1-21-15-7-6-14(10-16(15)22-2)11-20-17(18)19-8-3-9-23-12-13-4-5-13;/h6-7,10,13H,3-5,8-9,11-12H2,1-2H3,(H3,18,19,20);1H. The number of aliphatic imine (C=N–C) groups is 1. The molecule has 0 spiro atoms. The highest BCUT2D eigenvalue weighted by Gasteiger charge is 2.20. The Morgan fingerprint density at radius 1 is 1.25 bits per heavy atom. The van der Waals surface area contributed by atoms with Crippen LogP contribution < -0.4 is 20.5 Å². The van der Waals surface area contributed by atoms with E-state index in [0.717, 1.165) is 37.7 Å². The van der Waals surface area contributed by atoms with E-state index in [4.69, 9.17) is 19.9 Å². The third-order valence-electron chi connectivity index (χ3n) is 3.70. The topological polar surface area (TPSA) is 78.1 Å². The number of nitrogens with zero attached hydrogens (tertiary/aromatic N) is 1. The maximum atomic E-state index is 5.86. The normalized spacial score (nSPS) is 14.0. The first-order valence-electron chi connectivity index (χ1n) is 8.05. The fourth-order valence-corrected chi connectivity index (χ4v) is 2.14. The Morgan fingerprint density at radius 2 is 2.00 bits per heavy atom. The van der Waals surface area contributed by atoms with Gasteiger partial charge in [-0.1, -0.05) is 6.07 Å². The SMILES string of the molecule is COc1ccc(CN=C(N)NCCCOCC2CC2)cc1OC.I. The molecule has 0 bridgehead atoms. The van der Waals surface area contributed by atoms with E-state index in [0.29, 0.717) is 24.0 Å². The zero-order valence-corrected chi connectivity index (χ0v) is 16.7. The highest BCUT2D eigenvalue weighted by atomic mass is 127. The number of halogens is 1. The third kappa shape index (κ3) is 7.57. The lowest BCUT2D eigenvalue weighted by Gasteiger charge is -2.09. The Hall–Kier alpha value is -1.22. The predicted octanol–water partition coefficient (Wildman–Crippen LogP) is 2.54. The molecule has 6 nitrogen and oxygen atoms in total. The molecule has 1 aromatic carbocycles. The molecule has 0 unspecified atom stereocenters. The molecule has 1 aromatic rings. The van der Waals surface area contributed by atoms with Gasteiger partial charge < -0.3 is 25.3 Å². The number of guanidine groups is 1. The van der Waals surface area contributed by atoms with Gasteiger partial charge in [0, 0.05) is 19.8 Å². The van der Waals surface area contributed by atoms with E-state index in [9.17, 15) is 0 Å². The smallest absolute Gasteiger partial charge is 0.188 e. The second kappa shape index (κ2) is 11.4. The summed E-state index contributed by atoms with van der Waals surface area (Å²) in [6.07, 6.45) is 3.58. The van der Waals surface area contributed by atoms with Crippen molar-refractivity contribution in [3.63, 3.8) is 0 Å². The van der Waals surface area contributed by atoms with Crippen LogP contribution in [0, 0.1) is 5.92 Å². The highest BCUT2D eigenvalue weighted by molar-refractivity contribution is 14.0. The number of benzene rings is 1. The minimum absolute atomic E-state index is 0. The summed E-state index contributed by atoms with van der Waals surface area (Å²) in [5.74, 6) is 2.66. The molecule has 0 radical (unpaired) electrons. The van der Waals surface area contributed by atoms with Crippen LogP contribution in [0.1, 0.15) is 24.8 Å². The van der Waals surface area contributed by atoms with Gasteiger partial charge in [-0.05, 0) is 42.9 Å². The minimum Gasteiger partial charge on any atom is -0.493 e. The summed E-state index contributed by atoms with van der Waals surface area (Å²) < 4.78 is 16.1. The van der Waals surface area contributed by atoms with Crippen molar-refractivity contribution >= 4 is 29.9 Å². The number of nitrogens with two attached hydrogens (primary N) is 1. The molecule has 0 saturated heterocycles. The van der Waals surface area contributed by atoms with Gasteiger partial charge in [-0.25, -0.2) is 4.99 Å². The number of hydrogen-bond acceptors (Lipinski definition) is 4. The zero-order valence-electron chi connectivity index (χ0n) is 14.4. The molecule has 136 valence electrons. The third-order valence-corrected chi connectivity index (χ3v) is 3.70.